The van der Waals surface area contributed by atoms with Gasteiger partial charge in [0.05, 0.1) is 6.42 Å². The summed E-state index contributed by atoms with van der Waals surface area (Å²) in [4.78, 5) is 23.8. The Morgan fingerprint density at radius 3 is 2.63 bits per heavy atom. The third kappa shape index (κ3) is 5.18. The van der Waals surface area contributed by atoms with Crippen LogP contribution in [0.2, 0.25) is 5.02 Å². The van der Waals surface area contributed by atoms with Gasteiger partial charge in [-0.15, -0.1) is 0 Å². The van der Waals surface area contributed by atoms with E-state index in [1.165, 1.54) is 4.90 Å². The van der Waals surface area contributed by atoms with Crippen molar-refractivity contribution in [1.29, 1.82) is 0 Å². The quantitative estimate of drug-likeness (QED) is 0.872. The fraction of sp³-hybridized carbons (Fsp3) is 0.385. The van der Waals surface area contributed by atoms with Crippen molar-refractivity contribution in [3.05, 3.63) is 34.9 Å². The molecular weight excluding hydrogens is 268 g/mol. The van der Waals surface area contributed by atoms with Gasteiger partial charge in [-0.05, 0) is 18.6 Å². The Hall–Kier alpha value is -1.75. The lowest BCUT2D eigenvalue weighted by Crippen LogP contribution is -2.42. The molecule has 104 valence electrons. The summed E-state index contributed by atoms with van der Waals surface area (Å²) in [5.41, 5.74) is 0.840. The molecule has 0 aliphatic heterocycles. The minimum absolute atomic E-state index is 0.105. The van der Waals surface area contributed by atoms with Crippen LogP contribution < -0.4 is 5.32 Å². The van der Waals surface area contributed by atoms with Gasteiger partial charge in [0.2, 0.25) is 0 Å². The highest BCUT2D eigenvalue weighted by Gasteiger charge is 2.15. The lowest BCUT2D eigenvalue weighted by molar-refractivity contribution is -0.137. The maximum Gasteiger partial charge on any atom is 0.317 e. The van der Waals surface area contributed by atoms with Crippen LogP contribution in [0.15, 0.2) is 24.3 Å². The molecule has 1 unspecified atom stereocenters. The van der Waals surface area contributed by atoms with E-state index in [9.17, 15) is 9.59 Å². The van der Waals surface area contributed by atoms with Crippen LogP contribution in [0.1, 0.15) is 18.9 Å². The van der Waals surface area contributed by atoms with Gasteiger partial charge in [0.15, 0.2) is 0 Å². The number of nitrogens with zero attached hydrogens (tertiary/aromatic N) is 1. The first-order valence-corrected chi connectivity index (χ1v) is 6.24. The highest BCUT2D eigenvalue weighted by Crippen LogP contribution is 2.16. The molecule has 1 atom stereocenters. The molecule has 0 heterocycles. The normalized spacial score (nSPS) is 11.7. The van der Waals surface area contributed by atoms with E-state index in [1.807, 2.05) is 18.2 Å². The second-order valence-corrected chi connectivity index (χ2v) is 4.80. The molecule has 1 aromatic rings. The van der Waals surface area contributed by atoms with Crippen molar-refractivity contribution in [2.45, 2.75) is 25.9 Å². The first kappa shape index (κ1) is 15.3. The number of urea groups is 1. The van der Waals surface area contributed by atoms with Gasteiger partial charge in [0, 0.05) is 24.7 Å². The van der Waals surface area contributed by atoms with Gasteiger partial charge in [-0.1, -0.05) is 29.8 Å². The van der Waals surface area contributed by atoms with E-state index in [1.54, 1.807) is 20.0 Å². The molecule has 5 nitrogen and oxygen atoms in total. The van der Waals surface area contributed by atoms with Crippen LogP contribution in [0, 0.1) is 0 Å². The number of hydrogen-bond acceptors (Lipinski definition) is 2. The molecule has 0 aliphatic rings. The van der Waals surface area contributed by atoms with Crippen molar-refractivity contribution in [2.75, 3.05) is 7.05 Å². The van der Waals surface area contributed by atoms with Crippen LogP contribution in [0.5, 0.6) is 0 Å². The monoisotopic (exact) mass is 284 g/mol. The second kappa shape index (κ2) is 6.99. The average molecular weight is 285 g/mol. The van der Waals surface area contributed by atoms with Gasteiger partial charge >= 0.3 is 12.0 Å². The van der Waals surface area contributed by atoms with E-state index in [-0.39, 0.29) is 12.5 Å². The summed E-state index contributed by atoms with van der Waals surface area (Å²) in [6.45, 7) is 2.01. The highest BCUT2D eigenvalue weighted by atomic mass is 35.5. The third-order valence-corrected chi connectivity index (χ3v) is 2.93. The number of halogens is 1. The molecule has 0 saturated carbocycles. The Labute approximate surface area is 117 Å². The number of carboxylic acids is 1. The van der Waals surface area contributed by atoms with E-state index in [0.29, 0.717) is 11.6 Å². The topological polar surface area (TPSA) is 69.6 Å². The number of rotatable bonds is 5. The molecule has 6 heteroatoms. The lowest BCUT2D eigenvalue weighted by atomic mass is 10.2. The minimum Gasteiger partial charge on any atom is -0.481 e. The molecule has 0 bridgehead atoms. The number of carbonyl (C=O) groups excluding carboxylic acids is 1. The summed E-state index contributed by atoms with van der Waals surface area (Å²) in [6, 6.07) is 6.52. The highest BCUT2D eigenvalue weighted by molar-refractivity contribution is 6.31. The lowest BCUT2D eigenvalue weighted by Gasteiger charge is -2.21. The van der Waals surface area contributed by atoms with Crippen LogP contribution in [0.25, 0.3) is 0 Å². The zero-order valence-corrected chi connectivity index (χ0v) is 11.6. The summed E-state index contributed by atoms with van der Waals surface area (Å²) in [7, 11) is 1.63. The Balaban J connectivity index is 2.54. The predicted octanol–water partition coefficient (Wildman–Crippen LogP) is 2.34. The molecule has 2 amide bonds. The number of amides is 2. The van der Waals surface area contributed by atoms with E-state index in [4.69, 9.17) is 16.7 Å². The number of nitrogens with one attached hydrogen (secondary N) is 1. The van der Waals surface area contributed by atoms with Crippen LogP contribution in [0.4, 0.5) is 4.79 Å². The molecule has 0 fully saturated rings. The number of aliphatic carboxylic acids is 1. The molecule has 0 aliphatic carbocycles. The third-order valence-electron chi connectivity index (χ3n) is 2.56. The maximum absolute atomic E-state index is 11.8. The van der Waals surface area contributed by atoms with Crippen LogP contribution in [-0.2, 0) is 11.3 Å². The Morgan fingerprint density at radius 1 is 1.42 bits per heavy atom. The zero-order valence-electron chi connectivity index (χ0n) is 10.9. The van der Waals surface area contributed by atoms with Crippen molar-refractivity contribution >= 4 is 23.6 Å². The maximum atomic E-state index is 11.8. The largest absolute Gasteiger partial charge is 0.481 e. The van der Waals surface area contributed by atoms with Crippen molar-refractivity contribution in [2.24, 2.45) is 0 Å². The second-order valence-electron chi connectivity index (χ2n) is 4.40. The number of carboxylic acid groups (broad SMARTS) is 1. The van der Waals surface area contributed by atoms with Gasteiger partial charge < -0.3 is 15.3 Å². The molecule has 1 aromatic carbocycles. The number of hydrogen-bond donors (Lipinski definition) is 2. The van der Waals surface area contributed by atoms with E-state index < -0.39 is 12.0 Å². The Morgan fingerprint density at radius 2 is 2.05 bits per heavy atom. The van der Waals surface area contributed by atoms with Crippen molar-refractivity contribution in [3.63, 3.8) is 0 Å². The van der Waals surface area contributed by atoms with Crippen LogP contribution >= 0.6 is 11.6 Å². The van der Waals surface area contributed by atoms with Crippen LogP contribution in [-0.4, -0.2) is 35.1 Å². The van der Waals surface area contributed by atoms with E-state index in [0.717, 1.165) is 5.56 Å². The van der Waals surface area contributed by atoms with Crippen molar-refractivity contribution in [1.82, 2.24) is 10.2 Å². The fourth-order valence-corrected chi connectivity index (χ4v) is 1.78. The van der Waals surface area contributed by atoms with Gasteiger partial charge in [0.25, 0.3) is 0 Å². The zero-order chi connectivity index (χ0) is 14.4. The van der Waals surface area contributed by atoms with Crippen LogP contribution in [0.3, 0.4) is 0 Å². The minimum atomic E-state index is -0.943. The first-order valence-electron chi connectivity index (χ1n) is 5.87. The molecule has 0 aromatic heterocycles. The summed E-state index contributed by atoms with van der Waals surface area (Å²) in [5.74, 6) is -0.943. The number of benzene rings is 1. The fourth-order valence-electron chi connectivity index (χ4n) is 1.59. The van der Waals surface area contributed by atoms with Gasteiger partial charge in [-0.2, -0.15) is 0 Å². The molecule has 2 N–H and O–H groups in total. The first-order chi connectivity index (χ1) is 8.90. The van der Waals surface area contributed by atoms with Gasteiger partial charge in [0.1, 0.15) is 0 Å². The SMILES string of the molecule is CC(CC(=O)O)NC(=O)N(C)Cc1ccccc1Cl. The molecule has 19 heavy (non-hydrogen) atoms. The molecule has 0 saturated heterocycles. The summed E-state index contributed by atoms with van der Waals surface area (Å²) in [6.07, 6.45) is -0.105. The van der Waals surface area contributed by atoms with Crippen molar-refractivity contribution in [3.8, 4) is 0 Å². The van der Waals surface area contributed by atoms with Gasteiger partial charge in [-0.25, -0.2) is 4.79 Å². The Kier molecular flexibility index (Phi) is 5.63. The molecule has 0 radical (unpaired) electrons. The summed E-state index contributed by atoms with van der Waals surface area (Å²) in [5, 5.41) is 11.8. The smallest absolute Gasteiger partial charge is 0.317 e. The van der Waals surface area contributed by atoms with E-state index in [2.05, 4.69) is 5.32 Å². The summed E-state index contributed by atoms with van der Waals surface area (Å²) >= 11 is 6.01. The standard InChI is InChI=1S/C13H17ClN2O3/c1-9(7-12(17)18)15-13(19)16(2)8-10-5-3-4-6-11(10)14/h3-6,9H,7-8H2,1-2H3,(H,15,19)(H,17,18). The average Bonchev–Trinajstić information content (AvgIpc) is 2.30. The molecule has 1 rings (SSSR count). The molecular formula is C13H17ClN2O3. The van der Waals surface area contributed by atoms with Crippen molar-refractivity contribution < 1.29 is 14.7 Å². The summed E-state index contributed by atoms with van der Waals surface area (Å²) < 4.78 is 0. The van der Waals surface area contributed by atoms with E-state index >= 15 is 0 Å². The number of carbonyl (C=O) groups is 2. The van der Waals surface area contributed by atoms with Gasteiger partial charge in [-0.3, -0.25) is 4.79 Å². The predicted molar refractivity (Wildman–Crippen MR) is 73.2 cm³/mol. The molecule has 0 spiro atoms. The Bertz CT molecular complexity index is 465.